The minimum absolute atomic E-state index is 0.171. The highest BCUT2D eigenvalue weighted by atomic mass is 16.3. The van der Waals surface area contributed by atoms with Gasteiger partial charge in [-0.3, -0.25) is 0 Å². The molecule has 0 radical (unpaired) electrons. The molecule has 1 aromatic rings. The molecule has 1 aromatic carbocycles. The van der Waals surface area contributed by atoms with Crippen LogP contribution in [0.2, 0.25) is 0 Å². The average molecular weight is 190 g/mol. The summed E-state index contributed by atoms with van der Waals surface area (Å²) in [5.74, 6) is 0.563. The predicted octanol–water partition coefficient (Wildman–Crippen LogP) is 2.92. The van der Waals surface area contributed by atoms with Crippen molar-refractivity contribution in [1.82, 2.24) is 0 Å². The first-order chi connectivity index (χ1) is 6.79. The Balaban J connectivity index is 2.39. The Morgan fingerprint density at radius 2 is 1.86 bits per heavy atom. The third-order valence-corrected chi connectivity index (χ3v) is 2.69. The van der Waals surface area contributed by atoms with Gasteiger partial charge in [0.1, 0.15) is 11.5 Å². The van der Waals surface area contributed by atoms with Gasteiger partial charge >= 0.3 is 0 Å². The number of phenolic OH excluding ortho intramolecular Hbond substituents is 2. The van der Waals surface area contributed by atoms with Gasteiger partial charge in [-0.2, -0.15) is 0 Å². The fraction of sp³-hybridized carbons (Fsp3) is 0.333. The highest BCUT2D eigenvalue weighted by Crippen LogP contribution is 2.38. The van der Waals surface area contributed by atoms with Gasteiger partial charge in [-0.1, -0.05) is 18.2 Å². The zero-order valence-electron chi connectivity index (χ0n) is 7.98. The summed E-state index contributed by atoms with van der Waals surface area (Å²) in [6.07, 6.45) is 7.40. The number of benzene rings is 1. The van der Waals surface area contributed by atoms with Crippen LogP contribution in [0.4, 0.5) is 0 Å². The molecule has 1 aliphatic rings. The summed E-state index contributed by atoms with van der Waals surface area (Å²) in [5, 5.41) is 19.3. The lowest BCUT2D eigenvalue weighted by atomic mass is 9.88. The molecule has 0 aliphatic heterocycles. The lowest BCUT2D eigenvalue weighted by Gasteiger charge is -2.18. The summed E-state index contributed by atoms with van der Waals surface area (Å²) in [6.45, 7) is 0. The fourth-order valence-electron chi connectivity index (χ4n) is 1.97. The number of phenols is 2. The van der Waals surface area contributed by atoms with Gasteiger partial charge in [0, 0.05) is 11.5 Å². The zero-order chi connectivity index (χ0) is 9.97. The average Bonchev–Trinajstić information content (AvgIpc) is 2.19. The van der Waals surface area contributed by atoms with E-state index in [1.165, 1.54) is 0 Å². The second-order valence-electron chi connectivity index (χ2n) is 3.68. The molecule has 0 spiro atoms. The first-order valence-corrected chi connectivity index (χ1v) is 4.96. The second kappa shape index (κ2) is 3.74. The molecule has 2 N–H and O–H groups in total. The van der Waals surface area contributed by atoms with Crippen molar-refractivity contribution in [3.63, 3.8) is 0 Å². The second-order valence-corrected chi connectivity index (χ2v) is 3.68. The quantitative estimate of drug-likeness (QED) is 0.668. The smallest absolute Gasteiger partial charge is 0.123 e. The van der Waals surface area contributed by atoms with Gasteiger partial charge in [-0.15, -0.1) is 0 Å². The van der Waals surface area contributed by atoms with Gasteiger partial charge in [-0.05, 0) is 31.4 Å². The normalized spacial score (nSPS) is 21.0. The third-order valence-electron chi connectivity index (χ3n) is 2.69. The molecular weight excluding hydrogens is 176 g/mol. The van der Waals surface area contributed by atoms with Crippen molar-refractivity contribution in [3.8, 4) is 11.5 Å². The third kappa shape index (κ3) is 1.60. The highest BCUT2D eigenvalue weighted by Gasteiger charge is 2.17. The Kier molecular flexibility index (Phi) is 2.44. The first kappa shape index (κ1) is 9.13. The van der Waals surface area contributed by atoms with Crippen molar-refractivity contribution in [2.45, 2.75) is 25.2 Å². The molecule has 0 fully saturated rings. The summed E-state index contributed by atoms with van der Waals surface area (Å²) in [5.41, 5.74) is 0.670. The van der Waals surface area contributed by atoms with E-state index in [4.69, 9.17) is 0 Å². The Morgan fingerprint density at radius 1 is 1.14 bits per heavy atom. The van der Waals surface area contributed by atoms with E-state index in [1.807, 2.05) is 0 Å². The molecular formula is C12H14O2. The van der Waals surface area contributed by atoms with E-state index in [0.29, 0.717) is 5.56 Å². The number of aromatic hydroxyl groups is 2. The van der Waals surface area contributed by atoms with Crippen LogP contribution in [0.1, 0.15) is 30.7 Å². The molecule has 1 atom stereocenters. The van der Waals surface area contributed by atoms with Crippen LogP contribution in [0.5, 0.6) is 11.5 Å². The Labute approximate surface area is 83.5 Å². The molecule has 1 aliphatic carbocycles. The summed E-state index contributed by atoms with van der Waals surface area (Å²) < 4.78 is 0. The van der Waals surface area contributed by atoms with Crippen molar-refractivity contribution >= 4 is 0 Å². The van der Waals surface area contributed by atoms with Gasteiger partial charge < -0.3 is 10.2 Å². The zero-order valence-corrected chi connectivity index (χ0v) is 7.98. The molecule has 0 saturated carbocycles. The number of hydrogen-bond donors (Lipinski definition) is 2. The summed E-state index contributed by atoms with van der Waals surface area (Å²) in [6, 6.07) is 4.90. The monoisotopic (exact) mass is 190 g/mol. The van der Waals surface area contributed by atoms with Crippen LogP contribution < -0.4 is 0 Å². The van der Waals surface area contributed by atoms with Gasteiger partial charge in [0.15, 0.2) is 0 Å². The van der Waals surface area contributed by atoms with Crippen molar-refractivity contribution < 1.29 is 10.2 Å². The van der Waals surface area contributed by atoms with E-state index in [0.717, 1.165) is 19.3 Å². The molecule has 2 nitrogen and oxygen atoms in total. The molecule has 74 valence electrons. The van der Waals surface area contributed by atoms with Crippen molar-refractivity contribution in [2.24, 2.45) is 0 Å². The lowest BCUT2D eigenvalue weighted by molar-refractivity contribution is 0.429. The van der Waals surface area contributed by atoms with Crippen LogP contribution in [-0.2, 0) is 0 Å². The molecule has 0 aromatic heterocycles. The van der Waals surface area contributed by atoms with E-state index in [-0.39, 0.29) is 17.4 Å². The van der Waals surface area contributed by atoms with Crippen molar-refractivity contribution in [1.29, 1.82) is 0 Å². The van der Waals surface area contributed by atoms with Crippen molar-refractivity contribution in [2.75, 3.05) is 0 Å². The fourth-order valence-corrected chi connectivity index (χ4v) is 1.97. The van der Waals surface area contributed by atoms with Gasteiger partial charge in [0.2, 0.25) is 0 Å². The Morgan fingerprint density at radius 3 is 2.43 bits per heavy atom. The van der Waals surface area contributed by atoms with Crippen LogP contribution in [0.3, 0.4) is 0 Å². The molecule has 2 heteroatoms. The molecule has 0 heterocycles. The molecule has 2 rings (SSSR count). The first-order valence-electron chi connectivity index (χ1n) is 4.96. The number of rotatable bonds is 1. The van der Waals surface area contributed by atoms with Crippen LogP contribution in [0.25, 0.3) is 0 Å². The van der Waals surface area contributed by atoms with E-state index in [9.17, 15) is 10.2 Å². The Bertz CT molecular complexity index is 335. The maximum Gasteiger partial charge on any atom is 0.123 e. The van der Waals surface area contributed by atoms with E-state index in [1.54, 1.807) is 18.2 Å². The lowest BCUT2D eigenvalue weighted by Crippen LogP contribution is -1.99. The van der Waals surface area contributed by atoms with Crippen LogP contribution >= 0.6 is 0 Å². The maximum absolute atomic E-state index is 9.65. The van der Waals surface area contributed by atoms with Gasteiger partial charge in [0.25, 0.3) is 0 Å². The molecule has 0 saturated heterocycles. The van der Waals surface area contributed by atoms with E-state index in [2.05, 4.69) is 12.2 Å². The topological polar surface area (TPSA) is 40.5 Å². The molecule has 0 bridgehead atoms. The summed E-state index contributed by atoms with van der Waals surface area (Å²) in [4.78, 5) is 0. The maximum atomic E-state index is 9.65. The van der Waals surface area contributed by atoms with Crippen molar-refractivity contribution in [3.05, 3.63) is 35.9 Å². The minimum Gasteiger partial charge on any atom is -0.508 e. The SMILES string of the molecule is Oc1cccc(O)c1C1C=CCCC1. The number of hydrogen-bond acceptors (Lipinski definition) is 2. The van der Waals surface area contributed by atoms with E-state index >= 15 is 0 Å². The predicted molar refractivity (Wildman–Crippen MR) is 55.5 cm³/mol. The number of allylic oxidation sites excluding steroid dienone is 2. The standard InChI is InChI=1S/C12H14O2/c13-10-7-4-8-11(14)12(10)9-5-2-1-3-6-9/h2,4-5,7-9,13-14H,1,3,6H2. The Hall–Kier alpha value is -1.44. The van der Waals surface area contributed by atoms with E-state index < -0.39 is 0 Å². The minimum atomic E-state index is 0.171. The van der Waals surface area contributed by atoms with Gasteiger partial charge in [-0.25, -0.2) is 0 Å². The van der Waals surface area contributed by atoms with Crippen LogP contribution in [-0.4, -0.2) is 10.2 Å². The molecule has 14 heavy (non-hydrogen) atoms. The van der Waals surface area contributed by atoms with Gasteiger partial charge in [0.05, 0.1) is 0 Å². The molecule has 0 amide bonds. The largest absolute Gasteiger partial charge is 0.508 e. The highest BCUT2D eigenvalue weighted by molar-refractivity contribution is 5.47. The molecule has 1 unspecified atom stereocenters. The van der Waals surface area contributed by atoms with Crippen LogP contribution in [0.15, 0.2) is 30.4 Å². The van der Waals surface area contributed by atoms with Crippen LogP contribution in [0, 0.1) is 0 Å². The summed E-state index contributed by atoms with van der Waals surface area (Å²) in [7, 11) is 0. The summed E-state index contributed by atoms with van der Waals surface area (Å²) >= 11 is 0.